The number of aryl methyl sites for hydroxylation is 1. The zero-order chi connectivity index (χ0) is 62.9. The number of cyclic esters (lactones) is 1. The molecule has 2 aromatic carbocycles. The predicted molar refractivity (Wildman–Crippen MR) is 306 cm³/mol. The highest BCUT2D eigenvalue weighted by Crippen LogP contribution is 2.46. The van der Waals surface area contributed by atoms with Gasteiger partial charge in [0.15, 0.2) is 17.2 Å². The van der Waals surface area contributed by atoms with E-state index in [2.05, 4.69) is 10.6 Å². The Morgan fingerprint density at radius 2 is 1.67 bits per heavy atom. The molecule has 1 saturated heterocycles. The van der Waals surface area contributed by atoms with Crippen LogP contribution in [0.2, 0.25) is 0 Å². The highest BCUT2D eigenvalue weighted by atomic mass is 32.2. The van der Waals surface area contributed by atoms with Gasteiger partial charge in [0.05, 0.1) is 46.8 Å². The van der Waals surface area contributed by atoms with Gasteiger partial charge in [-0.15, -0.1) is 0 Å². The standard InChI is InChI=1S/C59H71FN6O18S2/c1-8-59(76)41-24-45-53-39(26-66(45)56(73)40(41)28-83-57(59)74)52-43(17-16-37-33(5)42(60)25-44(63-53)51(37)52)62-49(69)29-82-30-64(19-20-85(7,77)78)58(75)84-27-36-14-12-35(13-15-36)22-46(67)34(6)61-54(71)38(31(2)3)23-47(68)48(86(79,80)81)11-9-10-18-65-50(70)21-32(4)55(65)72/h12-15,24-25,31-32,34,38,43,48,76H,8-11,16-23,26-30H2,1-7H3,(H,61,71)(H,62,69)(H,79,80,81)/t32?,34-,38-,43-,48?,59-/m0/s1. The molecule has 8 rings (SSSR count). The number of hydrogen-bond acceptors (Lipinski definition) is 18. The molecule has 27 heteroatoms. The van der Waals surface area contributed by atoms with E-state index in [1.807, 2.05) is 0 Å². The van der Waals surface area contributed by atoms with E-state index in [0.717, 1.165) is 16.1 Å². The fraction of sp³-hybridized carbons (Fsp3) is 0.525. The lowest BCUT2D eigenvalue weighted by Gasteiger charge is -2.31. The summed E-state index contributed by atoms with van der Waals surface area (Å²) in [5, 5.41) is 15.8. The largest absolute Gasteiger partial charge is 0.458 e. The Hall–Kier alpha value is -7.33. The number of benzene rings is 2. The number of ketones is 2. The monoisotopic (exact) mass is 1230 g/mol. The van der Waals surface area contributed by atoms with Crippen molar-refractivity contribution in [1.82, 2.24) is 30.0 Å². The van der Waals surface area contributed by atoms with E-state index in [0.29, 0.717) is 63.0 Å². The summed E-state index contributed by atoms with van der Waals surface area (Å²) in [5.41, 5.74) is 1.77. The van der Waals surface area contributed by atoms with Crippen LogP contribution in [-0.4, -0.2) is 143 Å². The van der Waals surface area contributed by atoms with E-state index in [4.69, 9.17) is 19.2 Å². The van der Waals surface area contributed by atoms with Crippen LogP contribution in [0.25, 0.3) is 22.3 Å². The van der Waals surface area contributed by atoms with E-state index in [1.165, 1.54) is 17.6 Å². The minimum Gasteiger partial charge on any atom is -0.458 e. The minimum atomic E-state index is -4.89. The Kier molecular flexibility index (Phi) is 19.5. The molecular weight excluding hydrogens is 1160 g/mol. The number of carbonyl (C=O) groups is 8. The number of aromatic nitrogens is 2. The van der Waals surface area contributed by atoms with Crippen LogP contribution in [0.5, 0.6) is 0 Å². The van der Waals surface area contributed by atoms with Gasteiger partial charge in [-0.1, -0.05) is 52.0 Å². The van der Waals surface area contributed by atoms with Crippen LogP contribution in [0.3, 0.4) is 0 Å². The molecule has 2 unspecified atom stereocenters. The third-order valence-corrected chi connectivity index (χ3v) is 18.8. The number of likely N-dealkylation sites (tertiary alicyclic amines) is 1. The molecule has 464 valence electrons. The fourth-order valence-corrected chi connectivity index (χ4v) is 13.0. The molecule has 2 aromatic heterocycles. The second kappa shape index (κ2) is 25.9. The van der Waals surface area contributed by atoms with Gasteiger partial charge in [0.1, 0.15) is 47.5 Å². The van der Waals surface area contributed by atoms with Gasteiger partial charge in [0.25, 0.3) is 15.7 Å². The maximum atomic E-state index is 15.5. The number of Topliss-reactive ketones (excluding diaryl/α,β-unsaturated/α-hetero) is 2. The first-order valence-corrected chi connectivity index (χ1v) is 32.0. The summed E-state index contributed by atoms with van der Waals surface area (Å²) < 4.78 is 92.4. The summed E-state index contributed by atoms with van der Waals surface area (Å²) in [6.45, 7) is 7.47. The van der Waals surface area contributed by atoms with Crippen molar-refractivity contribution in [3.8, 4) is 11.4 Å². The quantitative estimate of drug-likeness (QED) is 0.0200. The van der Waals surface area contributed by atoms with Gasteiger partial charge in [0.2, 0.25) is 23.6 Å². The normalized spacial score (nSPS) is 19.1. The molecule has 4 N–H and O–H groups in total. The zero-order valence-corrected chi connectivity index (χ0v) is 50.5. The van der Waals surface area contributed by atoms with Crippen LogP contribution in [0, 0.1) is 30.5 Å². The second-order valence-corrected chi connectivity index (χ2v) is 27.0. The van der Waals surface area contributed by atoms with Gasteiger partial charge >= 0.3 is 12.1 Å². The first-order valence-electron chi connectivity index (χ1n) is 28.4. The van der Waals surface area contributed by atoms with Crippen LogP contribution >= 0.6 is 0 Å². The number of halogens is 1. The predicted octanol–water partition coefficient (Wildman–Crippen LogP) is 3.96. The van der Waals surface area contributed by atoms with E-state index < -0.39 is 133 Å². The van der Waals surface area contributed by atoms with Crippen molar-refractivity contribution in [3.63, 3.8) is 0 Å². The molecular formula is C59H71FN6O18S2. The average Bonchev–Trinajstić information content (AvgIpc) is 1.47. The number of sulfone groups is 1. The number of rotatable bonds is 26. The third-order valence-electron chi connectivity index (χ3n) is 16.6. The molecule has 1 fully saturated rings. The average molecular weight is 1240 g/mol. The van der Waals surface area contributed by atoms with Crippen molar-refractivity contribution in [1.29, 1.82) is 0 Å². The molecule has 0 spiro atoms. The first kappa shape index (κ1) is 64.7. The number of nitrogens with zero attached hydrogens (tertiary/aromatic N) is 4. The van der Waals surface area contributed by atoms with Crippen LogP contribution in [0.1, 0.15) is 130 Å². The maximum Gasteiger partial charge on any atom is 0.411 e. The van der Waals surface area contributed by atoms with E-state index >= 15 is 4.39 Å². The molecule has 3 aliphatic heterocycles. The Bertz CT molecular complexity index is 3720. The number of pyridine rings is 2. The molecule has 24 nitrogen and oxygen atoms in total. The van der Waals surface area contributed by atoms with Gasteiger partial charge in [0, 0.05) is 73.0 Å². The summed E-state index contributed by atoms with van der Waals surface area (Å²) >= 11 is 0. The van der Waals surface area contributed by atoms with E-state index in [1.54, 1.807) is 65.0 Å². The number of unbranched alkanes of at least 4 members (excludes halogenated alkanes) is 1. The summed E-state index contributed by atoms with van der Waals surface area (Å²) in [4.78, 5) is 126. The Balaban J connectivity index is 0.851. The van der Waals surface area contributed by atoms with Crippen molar-refractivity contribution in [2.24, 2.45) is 17.8 Å². The molecule has 1 aliphatic carbocycles. The third kappa shape index (κ3) is 13.9. The fourth-order valence-electron chi connectivity index (χ4n) is 11.6. The number of aliphatic hydroxyl groups is 1. The van der Waals surface area contributed by atoms with Gasteiger partial charge < -0.3 is 34.5 Å². The molecule has 5 heterocycles. The van der Waals surface area contributed by atoms with Crippen molar-refractivity contribution in [2.45, 2.75) is 142 Å². The molecule has 0 saturated carbocycles. The molecule has 0 radical (unpaired) electrons. The zero-order valence-electron chi connectivity index (χ0n) is 48.9. The summed E-state index contributed by atoms with van der Waals surface area (Å²) in [5.74, 6) is -7.17. The minimum absolute atomic E-state index is 0.00994. The summed E-state index contributed by atoms with van der Waals surface area (Å²) in [6, 6.07) is 7.43. The molecule has 6 atom stereocenters. The summed E-state index contributed by atoms with van der Waals surface area (Å²) in [7, 11) is -8.50. The van der Waals surface area contributed by atoms with E-state index in [9.17, 15) is 69.6 Å². The highest BCUT2D eigenvalue weighted by Gasteiger charge is 2.46. The molecule has 4 aliphatic rings. The van der Waals surface area contributed by atoms with E-state index in [-0.39, 0.29) is 99.8 Å². The smallest absolute Gasteiger partial charge is 0.411 e. The van der Waals surface area contributed by atoms with Crippen molar-refractivity contribution in [2.75, 3.05) is 38.4 Å². The van der Waals surface area contributed by atoms with Gasteiger partial charge in [-0.05, 0) is 92.2 Å². The number of hydrogen-bond donors (Lipinski definition) is 4. The highest BCUT2D eigenvalue weighted by molar-refractivity contribution is 7.90. The van der Waals surface area contributed by atoms with Crippen LogP contribution in [-0.2, 0) is 106 Å². The van der Waals surface area contributed by atoms with Crippen LogP contribution in [0.4, 0.5) is 9.18 Å². The first-order chi connectivity index (χ1) is 40.4. The number of nitrogens with one attached hydrogen (secondary N) is 2. The molecule has 4 aromatic rings. The van der Waals surface area contributed by atoms with Gasteiger partial charge in [-0.25, -0.2) is 27.4 Å². The second-order valence-electron chi connectivity index (χ2n) is 23.1. The van der Waals surface area contributed by atoms with Crippen molar-refractivity contribution < 1.29 is 83.5 Å². The van der Waals surface area contributed by atoms with Crippen LogP contribution < -0.4 is 16.2 Å². The van der Waals surface area contributed by atoms with Crippen molar-refractivity contribution in [3.05, 3.63) is 97.1 Å². The van der Waals surface area contributed by atoms with Gasteiger partial charge in [-0.2, -0.15) is 8.42 Å². The lowest BCUT2D eigenvalue weighted by atomic mass is 9.81. The Labute approximate surface area is 496 Å². The van der Waals surface area contributed by atoms with Crippen LogP contribution in [0.15, 0.2) is 41.2 Å². The topological polar surface area (TPSA) is 338 Å². The number of amides is 5. The van der Waals surface area contributed by atoms with Crippen molar-refractivity contribution >= 4 is 78.1 Å². The molecule has 5 amide bonds. The van der Waals surface area contributed by atoms with Gasteiger partial charge in [-0.3, -0.25) is 47.9 Å². The number of esters is 1. The lowest BCUT2D eigenvalue weighted by molar-refractivity contribution is -0.172. The molecule has 86 heavy (non-hydrogen) atoms. The summed E-state index contributed by atoms with van der Waals surface area (Å²) in [6.07, 6.45) is -0.0523. The SMILES string of the molecule is CC[C@@]1(O)C(=O)OCc2c1cc1n(c2=O)Cc2c-1nc1cc(F)c(C)c3c1c2[C@@H](NC(=O)COCN(CCS(C)(=O)=O)C(=O)OCc1ccc(CC(=O)[C@H](C)NC(=O)[C@@H](CC(=O)C(CCCCN2C(=O)CC(C)C2=O)S(=O)(=O)O)C(C)C)cc1)CC3. The number of fused-ring (bicyclic) bond motifs is 5. The number of carbonyl (C=O) groups excluding carboxylic acids is 8. The number of ether oxygens (including phenoxy) is 3. The number of imide groups is 1. The maximum absolute atomic E-state index is 15.5. The Morgan fingerprint density at radius 3 is 2.31 bits per heavy atom. The lowest BCUT2D eigenvalue weighted by Crippen LogP contribution is -2.45. The molecule has 0 bridgehead atoms. The Morgan fingerprint density at radius 1 is 0.977 bits per heavy atom.